The number of pyridine rings is 3. The van der Waals surface area contributed by atoms with Gasteiger partial charge in [-0.3, -0.25) is 0 Å². The molecule has 47 heavy (non-hydrogen) atoms. The van der Waals surface area contributed by atoms with Gasteiger partial charge in [0.25, 0.3) is 0 Å². The molecular weight excluding hydrogens is 755 g/mol. The third-order valence-corrected chi connectivity index (χ3v) is 9.06. The summed E-state index contributed by atoms with van der Waals surface area (Å²) in [4.78, 5) is 13.8. The fraction of sp³-hybridized carbons (Fsp3) is 0.214. The van der Waals surface area contributed by atoms with E-state index in [-0.39, 0.29) is 25.5 Å². The van der Waals surface area contributed by atoms with Crippen molar-refractivity contribution in [1.29, 1.82) is 0 Å². The third kappa shape index (κ3) is 6.83. The molecule has 5 heteroatoms. The van der Waals surface area contributed by atoms with Crippen molar-refractivity contribution in [2.45, 2.75) is 59.7 Å². The molecule has 0 unspecified atom stereocenters. The summed E-state index contributed by atoms with van der Waals surface area (Å²) >= 11 is 0. The van der Waals surface area contributed by atoms with E-state index in [1.165, 1.54) is 0 Å². The van der Waals surface area contributed by atoms with Crippen LogP contribution >= 0.6 is 0 Å². The Balaban J connectivity index is 0.000000315. The van der Waals surface area contributed by atoms with Gasteiger partial charge in [0.15, 0.2) is 0 Å². The van der Waals surface area contributed by atoms with Crippen LogP contribution in [-0.2, 0) is 25.5 Å². The second kappa shape index (κ2) is 14.5. The summed E-state index contributed by atoms with van der Waals surface area (Å²) in [5.74, 6) is 0. The van der Waals surface area contributed by atoms with Gasteiger partial charge < -0.3 is 14.4 Å². The van der Waals surface area contributed by atoms with Crippen LogP contribution in [-0.4, -0.2) is 15.0 Å². The largest absolute Gasteiger partial charge is 0.486 e. The van der Waals surface area contributed by atoms with Crippen LogP contribution in [0.3, 0.4) is 0 Å². The van der Waals surface area contributed by atoms with E-state index in [2.05, 4.69) is 63.9 Å². The minimum atomic E-state index is -2.26. The van der Waals surface area contributed by atoms with E-state index >= 15 is 0 Å². The van der Waals surface area contributed by atoms with Crippen LogP contribution in [0.15, 0.2) is 108 Å². The van der Waals surface area contributed by atoms with E-state index in [0.717, 1.165) is 62.8 Å². The van der Waals surface area contributed by atoms with E-state index in [1.54, 1.807) is 18.5 Å². The predicted molar refractivity (Wildman–Crippen MR) is 190 cm³/mol. The molecule has 0 spiro atoms. The number of furan rings is 1. The number of hydrogen-bond acceptors (Lipinski definition) is 4. The molecule has 239 valence electrons. The first-order valence-corrected chi connectivity index (χ1v) is 15.7. The van der Waals surface area contributed by atoms with Crippen molar-refractivity contribution in [2.75, 3.05) is 0 Å². The Kier molecular flexibility index (Phi) is 9.26. The molecule has 0 aliphatic rings. The van der Waals surface area contributed by atoms with Crippen molar-refractivity contribution in [3.8, 4) is 33.8 Å². The van der Waals surface area contributed by atoms with Gasteiger partial charge in [0.05, 0.1) is 11.3 Å². The van der Waals surface area contributed by atoms with Gasteiger partial charge in [0.2, 0.25) is 5.71 Å². The summed E-state index contributed by atoms with van der Waals surface area (Å²) in [5.41, 5.74) is 9.44. The second-order valence-electron chi connectivity index (χ2n) is 11.9. The molecule has 0 saturated carbocycles. The molecule has 4 heterocycles. The van der Waals surface area contributed by atoms with E-state index in [4.69, 9.17) is 18.5 Å². The van der Waals surface area contributed by atoms with Crippen LogP contribution in [0.1, 0.15) is 60.0 Å². The van der Waals surface area contributed by atoms with Gasteiger partial charge in [-0.1, -0.05) is 73.7 Å². The topological polar surface area (TPSA) is 51.8 Å². The quantitative estimate of drug-likeness (QED) is 0.157. The van der Waals surface area contributed by atoms with Crippen molar-refractivity contribution in [2.24, 2.45) is 0 Å². The minimum Gasteiger partial charge on any atom is -0.486 e. The maximum Gasteiger partial charge on any atom is 0.216 e. The molecular formula is C42H39IrN3O-2. The first-order valence-electron chi connectivity index (χ1n) is 17.2. The van der Waals surface area contributed by atoms with Gasteiger partial charge in [-0.2, -0.15) is 0 Å². The van der Waals surface area contributed by atoms with Crippen molar-refractivity contribution in [1.82, 2.24) is 15.0 Å². The van der Waals surface area contributed by atoms with E-state index < -0.39 is 6.85 Å². The van der Waals surface area contributed by atoms with Crippen molar-refractivity contribution >= 4 is 22.1 Å². The fourth-order valence-electron chi connectivity index (χ4n) is 5.95. The monoisotopic (exact) mass is 797 g/mol. The third-order valence-electron chi connectivity index (χ3n) is 9.06. The first-order chi connectivity index (χ1) is 23.5. The van der Waals surface area contributed by atoms with Gasteiger partial charge in [0.1, 0.15) is 0 Å². The van der Waals surface area contributed by atoms with Gasteiger partial charge in [-0.25, -0.2) is 4.98 Å². The van der Waals surface area contributed by atoms with Gasteiger partial charge >= 0.3 is 0 Å². The summed E-state index contributed by atoms with van der Waals surface area (Å²) in [7, 11) is 0. The van der Waals surface area contributed by atoms with E-state index in [0.29, 0.717) is 28.1 Å². The average molecular weight is 797 g/mol. The van der Waals surface area contributed by atoms with Crippen LogP contribution in [0, 0.1) is 32.8 Å². The Hall–Kier alpha value is -4.44. The molecule has 0 aliphatic heterocycles. The van der Waals surface area contributed by atoms with Gasteiger partial charge in [0, 0.05) is 47.6 Å². The zero-order chi connectivity index (χ0) is 34.8. The van der Waals surface area contributed by atoms with Crippen LogP contribution in [0.25, 0.3) is 55.8 Å². The summed E-state index contributed by atoms with van der Waals surface area (Å²) in [6.45, 7) is 8.18. The maximum absolute atomic E-state index is 8.26. The second-order valence-corrected chi connectivity index (χ2v) is 11.9. The van der Waals surface area contributed by atoms with E-state index in [9.17, 15) is 0 Å². The minimum absolute atomic E-state index is 0. The Morgan fingerprint density at radius 1 is 0.766 bits per heavy atom. The number of nitrogens with zero attached hydrogens (tertiary/aromatic N) is 3. The first kappa shape index (κ1) is 29.9. The molecule has 0 aliphatic carbocycles. The summed E-state index contributed by atoms with van der Waals surface area (Å²) in [6, 6.07) is 35.8. The SMILES string of the molecule is [2H]C([2H])([2H])c1cc(-c2[c-]ccc3c2oc2nc(-c4c(C)cccc4C)ccc23)ncc1C(C)(CC)CC.[Ir].[c-]1ccccc1-c1ccccn1. The summed E-state index contributed by atoms with van der Waals surface area (Å²) in [5, 5.41) is 1.80. The maximum atomic E-state index is 8.26. The molecule has 0 fully saturated rings. The summed E-state index contributed by atoms with van der Waals surface area (Å²) in [6.07, 6.45) is 5.17. The average Bonchev–Trinajstić information content (AvgIpc) is 3.50. The molecule has 3 aromatic carbocycles. The van der Waals surface area contributed by atoms with Crippen LogP contribution in [0.4, 0.5) is 0 Å². The van der Waals surface area contributed by atoms with Crippen LogP contribution in [0.5, 0.6) is 0 Å². The zero-order valence-electron chi connectivity index (χ0n) is 30.3. The van der Waals surface area contributed by atoms with Crippen molar-refractivity contribution in [3.63, 3.8) is 0 Å². The van der Waals surface area contributed by atoms with Crippen molar-refractivity contribution in [3.05, 3.63) is 138 Å². The Labute approximate surface area is 295 Å². The molecule has 4 nitrogen and oxygen atoms in total. The van der Waals surface area contributed by atoms with Gasteiger partial charge in [-0.05, 0) is 85.2 Å². The Bertz CT molecular complexity index is 2170. The molecule has 7 aromatic rings. The molecule has 0 bridgehead atoms. The van der Waals surface area contributed by atoms with Gasteiger partial charge in [-0.15, -0.1) is 54.1 Å². The fourth-order valence-corrected chi connectivity index (χ4v) is 5.95. The number of aromatic nitrogens is 3. The number of rotatable bonds is 6. The smallest absolute Gasteiger partial charge is 0.216 e. The number of aryl methyl sites for hydroxylation is 3. The predicted octanol–water partition coefficient (Wildman–Crippen LogP) is 11.1. The number of hydrogen-bond donors (Lipinski definition) is 0. The Morgan fingerprint density at radius 2 is 1.55 bits per heavy atom. The normalized spacial score (nSPS) is 12.4. The standard InChI is InChI=1S/C31H31N2O.C11H8N.Ir/c1-7-31(6,8-2)25-18-32-27(17-21(25)5)24-14-10-13-22-23-15-16-26(33-30(23)34-29(22)24)28-19(3)11-9-12-20(28)4;1-2-6-10(7-3-1)11-8-4-5-9-12-11;/h9-13,15-18H,7-8H2,1-6H3;1-6,8-9H;/q2*-1;/i5D3;;. The van der Waals surface area contributed by atoms with Crippen molar-refractivity contribution < 1.29 is 28.6 Å². The zero-order valence-corrected chi connectivity index (χ0v) is 29.7. The number of benzene rings is 3. The van der Waals surface area contributed by atoms with E-state index in [1.807, 2.05) is 72.8 Å². The molecule has 7 rings (SSSR count). The Morgan fingerprint density at radius 3 is 2.23 bits per heavy atom. The molecule has 1 radical (unpaired) electrons. The molecule has 0 N–H and O–H groups in total. The van der Waals surface area contributed by atoms with Crippen LogP contribution in [0.2, 0.25) is 0 Å². The molecule has 0 saturated heterocycles. The number of fused-ring (bicyclic) bond motifs is 3. The summed E-state index contributed by atoms with van der Waals surface area (Å²) < 4.78 is 31.1. The molecule has 0 atom stereocenters. The van der Waals surface area contributed by atoms with Crippen LogP contribution < -0.4 is 0 Å². The molecule has 4 aromatic heterocycles. The molecule has 0 amide bonds.